The van der Waals surface area contributed by atoms with Gasteiger partial charge >= 0.3 is 0 Å². The first-order valence-electron chi connectivity index (χ1n) is 12.1. The van der Waals surface area contributed by atoms with E-state index < -0.39 is 0 Å². The Morgan fingerprint density at radius 2 is 1.97 bits per heavy atom. The zero-order chi connectivity index (χ0) is 25.7. The highest BCUT2D eigenvalue weighted by molar-refractivity contribution is 6.35. The quantitative estimate of drug-likeness (QED) is 0.291. The van der Waals surface area contributed by atoms with Crippen molar-refractivity contribution in [2.45, 2.75) is 32.4 Å². The predicted molar refractivity (Wildman–Crippen MR) is 147 cm³/mol. The smallest absolute Gasteiger partial charge is 0.103 e. The Bertz CT molecular complexity index is 1270. The van der Waals surface area contributed by atoms with Crippen molar-refractivity contribution >= 4 is 33.9 Å². The van der Waals surface area contributed by atoms with E-state index in [4.69, 9.17) is 11.6 Å². The molecule has 1 atom stereocenters. The minimum absolute atomic E-state index is 0.153. The van der Waals surface area contributed by atoms with Crippen molar-refractivity contribution in [1.29, 1.82) is 5.26 Å². The van der Waals surface area contributed by atoms with Gasteiger partial charge in [-0.05, 0) is 58.6 Å². The molecule has 188 valence electrons. The summed E-state index contributed by atoms with van der Waals surface area (Å²) in [4.78, 5) is 6.62. The summed E-state index contributed by atoms with van der Waals surface area (Å²) in [6.45, 7) is 5.93. The number of hydrogen-bond acceptors (Lipinski definition) is 8. The molecule has 0 saturated heterocycles. The van der Waals surface area contributed by atoms with Crippen molar-refractivity contribution in [2.24, 2.45) is 0 Å². The number of pyridine rings is 1. The van der Waals surface area contributed by atoms with Crippen molar-refractivity contribution < 1.29 is 0 Å². The molecule has 2 aromatic carbocycles. The number of fused-ring (bicyclic) bond motifs is 1. The third-order valence-electron chi connectivity index (χ3n) is 6.05. The maximum Gasteiger partial charge on any atom is 0.103 e. The van der Waals surface area contributed by atoms with Crippen LogP contribution < -0.4 is 21.6 Å². The lowest BCUT2D eigenvalue weighted by Crippen LogP contribution is -2.41. The van der Waals surface area contributed by atoms with Crippen molar-refractivity contribution in [3.8, 4) is 6.07 Å². The molecule has 0 unspecified atom stereocenters. The van der Waals surface area contributed by atoms with Crippen molar-refractivity contribution in [3.63, 3.8) is 0 Å². The summed E-state index contributed by atoms with van der Waals surface area (Å²) in [6, 6.07) is 16.6. The summed E-state index contributed by atoms with van der Waals surface area (Å²) in [5.41, 5.74) is 11.4. The lowest BCUT2D eigenvalue weighted by atomic mass is 10.0. The van der Waals surface area contributed by atoms with Gasteiger partial charge in [0.05, 0.1) is 33.5 Å². The zero-order valence-electron chi connectivity index (χ0n) is 21.1. The number of rotatable bonds is 10. The van der Waals surface area contributed by atoms with E-state index in [1.54, 1.807) is 6.20 Å². The summed E-state index contributed by atoms with van der Waals surface area (Å²) >= 11 is 6.72. The average molecular weight is 505 g/mol. The number of hydrazine groups is 2. The Hall–Kier alpha value is -3.51. The van der Waals surface area contributed by atoms with Crippen LogP contribution in [0.3, 0.4) is 0 Å². The molecule has 1 aromatic heterocycles. The summed E-state index contributed by atoms with van der Waals surface area (Å²) in [6.07, 6.45) is 4.61. The van der Waals surface area contributed by atoms with Gasteiger partial charge in [-0.3, -0.25) is 9.99 Å². The Morgan fingerprint density at radius 3 is 2.64 bits per heavy atom. The molecule has 0 radical (unpaired) electrons. The van der Waals surface area contributed by atoms with E-state index in [1.165, 1.54) is 0 Å². The van der Waals surface area contributed by atoms with Crippen LogP contribution >= 0.6 is 11.6 Å². The molecule has 0 fully saturated rings. The second-order valence-corrected chi connectivity index (χ2v) is 9.81. The SMILES string of the molecule is CC(C)N1C=C([C@@H](Nc2cc(Cl)c3ncc(C#N)c(NCCCN(C)C)c3c2)c2ccccc2)NN1. The molecule has 0 saturated carbocycles. The lowest BCUT2D eigenvalue weighted by Gasteiger charge is -2.22. The minimum atomic E-state index is -0.153. The predicted octanol–water partition coefficient (Wildman–Crippen LogP) is 4.85. The van der Waals surface area contributed by atoms with E-state index in [0.717, 1.165) is 47.5 Å². The number of anilines is 2. The molecule has 36 heavy (non-hydrogen) atoms. The average Bonchev–Trinajstić information content (AvgIpc) is 3.36. The van der Waals surface area contributed by atoms with Crippen molar-refractivity contribution in [1.82, 2.24) is 25.9 Å². The van der Waals surface area contributed by atoms with Crippen molar-refractivity contribution in [3.05, 3.63) is 76.7 Å². The Balaban J connectivity index is 1.71. The van der Waals surface area contributed by atoms with E-state index in [-0.39, 0.29) is 12.1 Å². The fourth-order valence-corrected chi connectivity index (χ4v) is 4.42. The fourth-order valence-electron chi connectivity index (χ4n) is 4.15. The normalized spacial score (nSPS) is 14.1. The van der Waals surface area contributed by atoms with Crippen LogP contribution in [0.1, 0.15) is 37.4 Å². The first-order chi connectivity index (χ1) is 17.4. The molecular weight excluding hydrogens is 472 g/mol. The van der Waals surface area contributed by atoms with E-state index >= 15 is 0 Å². The summed E-state index contributed by atoms with van der Waals surface area (Å²) < 4.78 is 0. The third kappa shape index (κ3) is 5.82. The molecule has 4 N–H and O–H groups in total. The molecule has 0 bridgehead atoms. The second kappa shape index (κ2) is 11.5. The van der Waals surface area contributed by atoms with Crippen LogP contribution in [0.25, 0.3) is 10.9 Å². The maximum absolute atomic E-state index is 9.75. The van der Waals surface area contributed by atoms with Gasteiger partial charge in [-0.2, -0.15) is 5.26 Å². The van der Waals surface area contributed by atoms with Crippen LogP contribution in [-0.4, -0.2) is 48.1 Å². The number of nitrogens with zero attached hydrogens (tertiary/aromatic N) is 4. The van der Waals surface area contributed by atoms with Gasteiger partial charge < -0.3 is 21.0 Å². The first-order valence-corrected chi connectivity index (χ1v) is 12.5. The van der Waals surface area contributed by atoms with Crippen LogP contribution in [0.5, 0.6) is 0 Å². The van der Waals surface area contributed by atoms with Crippen LogP contribution in [0.15, 0.2) is 60.6 Å². The molecule has 9 heteroatoms. The number of hydrogen-bond donors (Lipinski definition) is 4. The van der Waals surface area contributed by atoms with Crippen molar-refractivity contribution in [2.75, 3.05) is 37.8 Å². The highest BCUT2D eigenvalue weighted by Crippen LogP contribution is 2.35. The fraction of sp³-hybridized carbons (Fsp3) is 0.333. The number of nitrogens with one attached hydrogen (secondary N) is 4. The molecule has 4 rings (SSSR count). The Kier molecular flexibility index (Phi) is 8.16. The molecule has 8 nitrogen and oxygen atoms in total. The molecule has 1 aliphatic rings. The summed E-state index contributed by atoms with van der Waals surface area (Å²) in [5.74, 6) is 0. The topological polar surface area (TPSA) is 91.3 Å². The molecule has 3 aromatic rings. The van der Waals surface area contributed by atoms with Gasteiger partial charge in [0, 0.05) is 36.1 Å². The highest BCUT2D eigenvalue weighted by Gasteiger charge is 2.24. The number of nitriles is 1. The van der Waals surface area contributed by atoms with Crippen LogP contribution in [-0.2, 0) is 0 Å². The molecule has 0 aliphatic carbocycles. The second-order valence-electron chi connectivity index (χ2n) is 9.41. The van der Waals surface area contributed by atoms with E-state index in [1.807, 2.05) is 49.4 Å². The van der Waals surface area contributed by atoms with E-state index in [2.05, 4.69) is 69.7 Å². The molecule has 2 heterocycles. The van der Waals surface area contributed by atoms with Gasteiger partial charge in [0.2, 0.25) is 0 Å². The lowest BCUT2D eigenvalue weighted by molar-refractivity contribution is 0.221. The zero-order valence-corrected chi connectivity index (χ0v) is 21.9. The molecular formula is C27H33ClN8. The molecule has 0 amide bonds. The highest BCUT2D eigenvalue weighted by atomic mass is 35.5. The largest absolute Gasteiger partial charge is 0.383 e. The minimum Gasteiger partial charge on any atom is -0.383 e. The van der Waals surface area contributed by atoms with Gasteiger partial charge in [0.1, 0.15) is 6.07 Å². The molecule has 1 aliphatic heterocycles. The van der Waals surface area contributed by atoms with Gasteiger partial charge in [0.15, 0.2) is 0 Å². The standard InChI is InChI=1S/C27H33ClN8/c1-18(2)36-17-24(33-34-36)26(19-9-6-5-7-10-19)32-21-13-22-25(30-11-8-12-35(3)4)20(15-29)16-31-27(22)23(28)14-21/h5-7,9-10,13-14,16-18,26,32-34H,8,11-12H2,1-4H3,(H,30,31)/t26-/m0/s1. The van der Waals surface area contributed by atoms with Gasteiger partial charge in [-0.1, -0.05) is 41.9 Å². The number of halogens is 1. The Labute approximate surface area is 217 Å². The van der Waals surface area contributed by atoms with E-state index in [9.17, 15) is 5.26 Å². The number of aromatic nitrogens is 1. The van der Waals surface area contributed by atoms with Crippen LogP contribution in [0.2, 0.25) is 5.02 Å². The summed E-state index contributed by atoms with van der Waals surface area (Å²) in [7, 11) is 4.10. The first kappa shape index (κ1) is 25.6. The van der Waals surface area contributed by atoms with Gasteiger partial charge in [-0.15, -0.1) is 5.53 Å². The third-order valence-corrected chi connectivity index (χ3v) is 6.34. The van der Waals surface area contributed by atoms with Gasteiger partial charge in [-0.25, -0.2) is 0 Å². The van der Waals surface area contributed by atoms with E-state index in [0.29, 0.717) is 16.1 Å². The van der Waals surface area contributed by atoms with Crippen LogP contribution in [0.4, 0.5) is 11.4 Å². The summed E-state index contributed by atoms with van der Waals surface area (Å²) in [5, 5.41) is 20.2. The monoisotopic (exact) mass is 504 g/mol. The maximum atomic E-state index is 9.75. The number of benzene rings is 2. The Morgan fingerprint density at radius 1 is 1.19 bits per heavy atom. The van der Waals surface area contributed by atoms with Crippen LogP contribution in [0, 0.1) is 11.3 Å². The molecule has 0 spiro atoms. The van der Waals surface area contributed by atoms with Gasteiger partial charge in [0.25, 0.3) is 0 Å².